The Morgan fingerprint density at radius 1 is 0.875 bits per heavy atom. The average Bonchev–Trinajstić information content (AvgIpc) is 2.89. The fraction of sp³-hybridized carbons (Fsp3) is 0.455. The first kappa shape index (κ1) is 17.8. The SMILES string of the molecule is CC(C)CCCC(C)CCc1ccc2[nH]c3cc(I)ccc3c2c1. The van der Waals surface area contributed by atoms with Gasteiger partial charge in [-0.25, -0.2) is 0 Å². The van der Waals surface area contributed by atoms with Crippen molar-refractivity contribution in [2.45, 2.75) is 52.9 Å². The number of halogens is 1. The first-order chi connectivity index (χ1) is 11.5. The van der Waals surface area contributed by atoms with E-state index in [0.717, 1.165) is 11.8 Å². The smallest absolute Gasteiger partial charge is 0.0475 e. The molecule has 1 unspecified atom stereocenters. The molecule has 0 bridgehead atoms. The van der Waals surface area contributed by atoms with Crippen LogP contribution in [-0.2, 0) is 6.42 Å². The summed E-state index contributed by atoms with van der Waals surface area (Å²) in [7, 11) is 0. The molecule has 1 aromatic heterocycles. The van der Waals surface area contributed by atoms with Gasteiger partial charge in [0.15, 0.2) is 0 Å². The van der Waals surface area contributed by atoms with Gasteiger partial charge in [-0.3, -0.25) is 0 Å². The molecule has 0 aliphatic rings. The Morgan fingerprint density at radius 2 is 1.71 bits per heavy atom. The fourth-order valence-corrected chi connectivity index (χ4v) is 4.00. The predicted octanol–water partition coefficient (Wildman–Crippen LogP) is 7.32. The van der Waals surface area contributed by atoms with Crippen molar-refractivity contribution in [3.63, 3.8) is 0 Å². The molecule has 3 aromatic rings. The average molecular weight is 433 g/mol. The molecule has 0 aliphatic carbocycles. The van der Waals surface area contributed by atoms with Crippen LogP contribution in [0.1, 0.15) is 52.0 Å². The summed E-state index contributed by atoms with van der Waals surface area (Å²) in [4.78, 5) is 3.54. The van der Waals surface area contributed by atoms with Gasteiger partial charge >= 0.3 is 0 Å². The van der Waals surface area contributed by atoms with Gasteiger partial charge in [0.2, 0.25) is 0 Å². The maximum atomic E-state index is 3.54. The van der Waals surface area contributed by atoms with Crippen LogP contribution >= 0.6 is 22.6 Å². The fourth-order valence-electron chi connectivity index (χ4n) is 3.51. The summed E-state index contributed by atoms with van der Waals surface area (Å²) >= 11 is 2.37. The third-order valence-corrected chi connectivity index (χ3v) is 5.70. The Kier molecular flexibility index (Phi) is 5.85. The first-order valence-corrected chi connectivity index (χ1v) is 10.3. The van der Waals surface area contributed by atoms with Gasteiger partial charge in [-0.2, -0.15) is 0 Å². The Balaban J connectivity index is 1.68. The number of aromatic nitrogens is 1. The van der Waals surface area contributed by atoms with Crippen LogP contribution in [0.3, 0.4) is 0 Å². The molecule has 0 spiro atoms. The molecule has 0 aliphatic heterocycles. The van der Waals surface area contributed by atoms with Gasteiger partial charge in [-0.05, 0) is 77.1 Å². The number of H-pyrrole nitrogens is 1. The predicted molar refractivity (Wildman–Crippen MR) is 115 cm³/mol. The number of benzene rings is 2. The summed E-state index contributed by atoms with van der Waals surface area (Å²) in [5, 5.41) is 2.71. The quantitative estimate of drug-likeness (QED) is 0.376. The molecular weight excluding hydrogens is 405 g/mol. The molecule has 2 aromatic carbocycles. The van der Waals surface area contributed by atoms with E-state index in [2.05, 4.69) is 84.7 Å². The van der Waals surface area contributed by atoms with Crippen molar-refractivity contribution in [2.24, 2.45) is 11.8 Å². The molecular formula is C22H28IN. The molecule has 3 rings (SSSR count). The number of aryl methyl sites for hydroxylation is 1. The molecule has 1 atom stereocenters. The summed E-state index contributed by atoms with van der Waals surface area (Å²) in [6, 6.07) is 13.6. The van der Waals surface area contributed by atoms with Crippen LogP contribution in [0.5, 0.6) is 0 Å². The molecule has 24 heavy (non-hydrogen) atoms. The third-order valence-electron chi connectivity index (χ3n) is 5.03. The number of hydrogen-bond donors (Lipinski definition) is 1. The van der Waals surface area contributed by atoms with Gasteiger partial charge in [0.1, 0.15) is 0 Å². The van der Waals surface area contributed by atoms with Crippen molar-refractivity contribution in [3.05, 3.63) is 45.5 Å². The molecule has 2 heteroatoms. The number of rotatable bonds is 7. The zero-order chi connectivity index (χ0) is 17.1. The topological polar surface area (TPSA) is 15.8 Å². The van der Waals surface area contributed by atoms with E-state index in [0.29, 0.717) is 0 Å². The van der Waals surface area contributed by atoms with E-state index < -0.39 is 0 Å². The first-order valence-electron chi connectivity index (χ1n) is 9.23. The van der Waals surface area contributed by atoms with Gasteiger partial charge in [-0.15, -0.1) is 0 Å². The minimum atomic E-state index is 0.823. The van der Waals surface area contributed by atoms with Gasteiger partial charge in [0.05, 0.1) is 0 Å². The van der Waals surface area contributed by atoms with Crippen LogP contribution in [0.15, 0.2) is 36.4 Å². The summed E-state index contributed by atoms with van der Waals surface area (Å²) in [5.74, 6) is 1.66. The lowest BCUT2D eigenvalue weighted by Crippen LogP contribution is -1.99. The lowest BCUT2D eigenvalue weighted by molar-refractivity contribution is 0.437. The van der Waals surface area contributed by atoms with Crippen LogP contribution in [0.4, 0.5) is 0 Å². The minimum Gasteiger partial charge on any atom is -0.354 e. The van der Waals surface area contributed by atoms with Gasteiger partial charge < -0.3 is 4.98 Å². The number of nitrogens with one attached hydrogen (secondary N) is 1. The van der Waals surface area contributed by atoms with E-state index in [1.54, 1.807) is 0 Å². The molecule has 1 heterocycles. The monoisotopic (exact) mass is 433 g/mol. The van der Waals surface area contributed by atoms with Gasteiger partial charge in [-0.1, -0.05) is 52.2 Å². The maximum absolute atomic E-state index is 3.54. The highest BCUT2D eigenvalue weighted by Crippen LogP contribution is 2.28. The zero-order valence-corrected chi connectivity index (χ0v) is 17.2. The van der Waals surface area contributed by atoms with Crippen LogP contribution < -0.4 is 0 Å². The Bertz CT molecular complexity index is 815. The minimum absolute atomic E-state index is 0.823. The molecule has 0 radical (unpaired) electrons. The largest absolute Gasteiger partial charge is 0.354 e. The number of fused-ring (bicyclic) bond motifs is 3. The van der Waals surface area contributed by atoms with Crippen LogP contribution in [-0.4, -0.2) is 4.98 Å². The second-order valence-electron chi connectivity index (χ2n) is 7.66. The highest BCUT2D eigenvalue weighted by Gasteiger charge is 2.08. The second kappa shape index (κ2) is 7.90. The normalized spacial score (nSPS) is 13.2. The van der Waals surface area contributed by atoms with Crippen LogP contribution in [0, 0.1) is 15.4 Å². The van der Waals surface area contributed by atoms with Crippen molar-refractivity contribution in [1.82, 2.24) is 4.98 Å². The standard InChI is InChI=1S/C22H28IN/c1-15(2)5-4-6-16(3)7-8-17-9-12-21-20(13-17)19-11-10-18(23)14-22(19)24-21/h9-16,24H,4-8H2,1-3H3. The summed E-state index contributed by atoms with van der Waals surface area (Å²) in [6.07, 6.45) is 6.59. The van der Waals surface area contributed by atoms with E-state index in [-0.39, 0.29) is 0 Å². The van der Waals surface area contributed by atoms with Crippen LogP contribution in [0.25, 0.3) is 21.8 Å². The Morgan fingerprint density at radius 3 is 2.50 bits per heavy atom. The molecule has 1 N–H and O–H groups in total. The van der Waals surface area contributed by atoms with Crippen molar-refractivity contribution in [2.75, 3.05) is 0 Å². The maximum Gasteiger partial charge on any atom is 0.0475 e. The Labute approximate surface area is 159 Å². The van der Waals surface area contributed by atoms with Crippen molar-refractivity contribution < 1.29 is 0 Å². The van der Waals surface area contributed by atoms with Crippen LogP contribution in [0.2, 0.25) is 0 Å². The second-order valence-corrected chi connectivity index (χ2v) is 8.91. The number of aromatic amines is 1. The molecule has 0 fully saturated rings. The molecule has 0 amide bonds. The van der Waals surface area contributed by atoms with Gasteiger partial charge in [0, 0.05) is 25.4 Å². The van der Waals surface area contributed by atoms with E-state index >= 15 is 0 Å². The lowest BCUT2D eigenvalue weighted by Gasteiger charge is -2.12. The highest BCUT2D eigenvalue weighted by atomic mass is 127. The van der Waals surface area contributed by atoms with Gasteiger partial charge in [0.25, 0.3) is 0 Å². The molecule has 1 nitrogen and oxygen atoms in total. The summed E-state index contributed by atoms with van der Waals surface area (Å²) in [6.45, 7) is 7.05. The lowest BCUT2D eigenvalue weighted by atomic mass is 9.94. The molecule has 0 saturated carbocycles. The van der Waals surface area contributed by atoms with E-state index in [1.807, 2.05) is 0 Å². The zero-order valence-electron chi connectivity index (χ0n) is 15.0. The van der Waals surface area contributed by atoms with Crippen molar-refractivity contribution in [1.29, 1.82) is 0 Å². The van der Waals surface area contributed by atoms with Crippen molar-refractivity contribution >= 4 is 44.4 Å². The summed E-state index contributed by atoms with van der Waals surface area (Å²) in [5.41, 5.74) is 3.97. The molecule has 0 saturated heterocycles. The summed E-state index contributed by atoms with van der Waals surface area (Å²) < 4.78 is 1.28. The Hall–Kier alpha value is -1.03. The molecule has 128 valence electrons. The van der Waals surface area contributed by atoms with E-state index in [4.69, 9.17) is 0 Å². The number of hydrogen-bond acceptors (Lipinski definition) is 0. The van der Waals surface area contributed by atoms with E-state index in [1.165, 1.54) is 63.0 Å². The van der Waals surface area contributed by atoms with E-state index in [9.17, 15) is 0 Å². The third kappa shape index (κ3) is 4.33. The van der Waals surface area contributed by atoms with Crippen molar-refractivity contribution in [3.8, 4) is 0 Å². The highest BCUT2D eigenvalue weighted by molar-refractivity contribution is 14.1.